The van der Waals surface area contributed by atoms with Crippen molar-refractivity contribution in [2.75, 3.05) is 0 Å². The van der Waals surface area contributed by atoms with Gasteiger partial charge in [-0.25, -0.2) is 0 Å². The molecule has 0 aliphatic carbocycles. The van der Waals surface area contributed by atoms with E-state index in [1.807, 2.05) is 0 Å². The minimum Gasteiger partial charge on any atom is -0.456 e. The molecule has 0 saturated carbocycles. The monoisotopic (exact) mass is 968 g/mol. The number of fused-ring (bicyclic) bond motifs is 12. The highest BCUT2D eigenvalue weighted by atomic mass is 16.3. The van der Waals surface area contributed by atoms with Gasteiger partial charge in [0.15, 0.2) is 0 Å². The van der Waals surface area contributed by atoms with Crippen molar-refractivity contribution in [2.45, 2.75) is 0 Å². The lowest BCUT2D eigenvalue weighted by atomic mass is 9.98. The summed E-state index contributed by atoms with van der Waals surface area (Å²) in [4.78, 5) is 0. The second kappa shape index (κ2) is 16.7. The fourth-order valence-electron chi connectivity index (χ4n) is 12.0. The predicted molar refractivity (Wildman–Crippen MR) is 317 cm³/mol. The van der Waals surface area contributed by atoms with Gasteiger partial charge in [0.2, 0.25) is 0 Å². The van der Waals surface area contributed by atoms with E-state index < -0.39 is 0 Å². The fourth-order valence-corrected chi connectivity index (χ4v) is 12.0. The molecule has 4 aromatic heterocycles. The van der Waals surface area contributed by atoms with Crippen LogP contribution in [0.3, 0.4) is 0 Å². The SMILES string of the molecule is c1ccc(-c2ccc3oc4ccc(-n5c6ccc(-c7ccccc7)cc6c6cc(-c7ccc8c(c7)c7cc(-c9ccccc9)ccc7n8-c7ccc8oc9ccc(-c%10ccccc%10)cc9c8c7)ccc65)cc4c3c2)cc1. The number of hydrogen-bond donors (Lipinski definition) is 0. The molecule has 0 aliphatic rings. The molecule has 354 valence electrons. The third kappa shape index (κ3) is 6.71. The van der Waals surface area contributed by atoms with E-state index in [9.17, 15) is 0 Å². The van der Waals surface area contributed by atoms with Crippen LogP contribution in [0.4, 0.5) is 0 Å². The molecule has 16 aromatic rings. The van der Waals surface area contributed by atoms with Crippen molar-refractivity contribution in [3.63, 3.8) is 0 Å². The Morgan fingerprint density at radius 3 is 0.724 bits per heavy atom. The molecule has 16 rings (SSSR count). The van der Waals surface area contributed by atoms with Crippen molar-refractivity contribution in [2.24, 2.45) is 0 Å². The van der Waals surface area contributed by atoms with Gasteiger partial charge in [0.05, 0.1) is 22.1 Å². The first-order chi connectivity index (χ1) is 37.6. The van der Waals surface area contributed by atoms with Gasteiger partial charge in [-0.3, -0.25) is 0 Å². The largest absolute Gasteiger partial charge is 0.456 e. The van der Waals surface area contributed by atoms with Crippen molar-refractivity contribution in [3.05, 3.63) is 267 Å². The van der Waals surface area contributed by atoms with Crippen LogP contribution in [-0.4, -0.2) is 9.13 Å². The lowest BCUT2D eigenvalue weighted by Gasteiger charge is -2.10. The minimum absolute atomic E-state index is 0.874. The molecular formula is C72H44N2O2. The summed E-state index contributed by atoms with van der Waals surface area (Å²) in [5.74, 6) is 0. The highest BCUT2D eigenvalue weighted by Crippen LogP contribution is 2.43. The van der Waals surface area contributed by atoms with E-state index in [-0.39, 0.29) is 0 Å². The summed E-state index contributed by atoms with van der Waals surface area (Å²) in [6.45, 7) is 0. The van der Waals surface area contributed by atoms with Gasteiger partial charge in [0, 0.05) is 54.5 Å². The van der Waals surface area contributed by atoms with Crippen LogP contribution in [0.15, 0.2) is 276 Å². The molecule has 0 atom stereocenters. The Morgan fingerprint density at radius 2 is 0.421 bits per heavy atom. The van der Waals surface area contributed by atoms with Crippen LogP contribution in [0, 0.1) is 0 Å². The molecule has 0 N–H and O–H groups in total. The van der Waals surface area contributed by atoms with Crippen LogP contribution in [-0.2, 0) is 0 Å². The molecule has 0 radical (unpaired) electrons. The van der Waals surface area contributed by atoms with Crippen molar-refractivity contribution in [1.29, 1.82) is 0 Å². The maximum atomic E-state index is 6.47. The van der Waals surface area contributed by atoms with Crippen LogP contribution in [0.2, 0.25) is 0 Å². The van der Waals surface area contributed by atoms with Gasteiger partial charge in [-0.05, 0) is 165 Å². The summed E-state index contributed by atoms with van der Waals surface area (Å²) in [5, 5.41) is 9.18. The van der Waals surface area contributed by atoms with E-state index in [4.69, 9.17) is 8.83 Å². The Kier molecular flexibility index (Phi) is 9.30. The van der Waals surface area contributed by atoms with Crippen LogP contribution < -0.4 is 0 Å². The fraction of sp³-hybridized carbons (Fsp3) is 0. The van der Waals surface area contributed by atoms with E-state index in [0.717, 1.165) is 88.4 Å². The lowest BCUT2D eigenvalue weighted by Crippen LogP contribution is -1.94. The summed E-state index contributed by atoms with van der Waals surface area (Å²) in [5.41, 5.74) is 22.0. The van der Waals surface area contributed by atoms with Gasteiger partial charge >= 0.3 is 0 Å². The highest BCUT2D eigenvalue weighted by molar-refractivity contribution is 6.15. The van der Waals surface area contributed by atoms with Crippen LogP contribution >= 0.6 is 0 Å². The number of aromatic nitrogens is 2. The Balaban J connectivity index is 0.879. The van der Waals surface area contributed by atoms with Crippen molar-refractivity contribution in [3.8, 4) is 67.0 Å². The number of hydrogen-bond acceptors (Lipinski definition) is 2. The number of rotatable bonds is 7. The zero-order chi connectivity index (χ0) is 49.8. The molecule has 0 saturated heterocycles. The Labute approximate surface area is 437 Å². The second-order valence-electron chi connectivity index (χ2n) is 20.0. The van der Waals surface area contributed by atoms with Crippen molar-refractivity contribution >= 4 is 87.5 Å². The molecule has 0 aliphatic heterocycles. The zero-order valence-electron chi connectivity index (χ0n) is 41.1. The van der Waals surface area contributed by atoms with E-state index in [1.54, 1.807) is 0 Å². The smallest absolute Gasteiger partial charge is 0.135 e. The van der Waals surface area contributed by atoms with Crippen LogP contribution in [0.5, 0.6) is 0 Å². The molecule has 4 nitrogen and oxygen atoms in total. The Hall–Kier alpha value is -10.2. The average Bonchev–Trinajstić information content (AvgIpc) is 4.24. The van der Waals surface area contributed by atoms with E-state index in [0.29, 0.717) is 0 Å². The number of furan rings is 2. The molecule has 0 amide bonds. The molecule has 0 unspecified atom stereocenters. The third-order valence-corrected chi connectivity index (χ3v) is 15.7. The Bertz CT molecular complexity index is 4650. The Morgan fingerprint density at radius 1 is 0.184 bits per heavy atom. The lowest BCUT2D eigenvalue weighted by molar-refractivity contribution is 0.668. The molecule has 4 heteroatoms. The highest BCUT2D eigenvalue weighted by Gasteiger charge is 2.20. The van der Waals surface area contributed by atoms with Gasteiger partial charge in [-0.1, -0.05) is 158 Å². The normalized spacial score (nSPS) is 11.9. The van der Waals surface area contributed by atoms with E-state index in [2.05, 4.69) is 276 Å². The molecule has 0 fully saturated rings. The number of nitrogens with zero attached hydrogens (tertiary/aromatic N) is 2. The second-order valence-corrected chi connectivity index (χ2v) is 20.0. The van der Waals surface area contributed by atoms with Gasteiger partial charge in [0.25, 0.3) is 0 Å². The van der Waals surface area contributed by atoms with Crippen molar-refractivity contribution in [1.82, 2.24) is 9.13 Å². The van der Waals surface area contributed by atoms with Crippen molar-refractivity contribution < 1.29 is 8.83 Å². The van der Waals surface area contributed by atoms with Gasteiger partial charge < -0.3 is 18.0 Å². The molecule has 0 spiro atoms. The molecule has 0 bridgehead atoms. The first-order valence-corrected chi connectivity index (χ1v) is 26.0. The standard InChI is InChI=1S/C72H44N2O2/c1-5-13-45(14-6-1)49-21-29-65-57(37-49)59-39-53(23-31-67(59)73(65)55-27-35-71-63(43-55)61-41-51(25-33-69(61)75-71)47-17-9-3-10-18-47)54-24-32-68-60(40-54)58-38-50(46-15-7-2-8-16-46)22-30-66(58)74(68)56-28-36-72-64(44-56)62-42-52(26-34-70(62)76-72)48-19-11-4-12-20-48/h1-44H. The first kappa shape index (κ1) is 42.4. The van der Waals surface area contributed by atoms with E-state index >= 15 is 0 Å². The predicted octanol–water partition coefficient (Wildman–Crippen LogP) is 20.0. The van der Waals surface area contributed by atoms with Gasteiger partial charge in [-0.2, -0.15) is 0 Å². The number of benzene rings is 12. The maximum absolute atomic E-state index is 6.47. The van der Waals surface area contributed by atoms with E-state index in [1.165, 1.54) is 66.1 Å². The zero-order valence-corrected chi connectivity index (χ0v) is 41.1. The van der Waals surface area contributed by atoms with Crippen LogP contribution in [0.25, 0.3) is 154 Å². The maximum Gasteiger partial charge on any atom is 0.135 e. The van der Waals surface area contributed by atoms with Crippen LogP contribution in [0.1, 0.15) is 0 Å². The quantitative estimate of drug-likeness (QED) is 0.160. The topological polar surface area (TPSA) is 36.1 Å². The molecular weight excluding hydrogens is 925 g/mol. The van der Waals surface area contributed by atoms with Gasteiger partial charge in [-0.15, -0.1) is 0 Å². The average molecular weight is 969 g/mol. The minimum atomic E-state index is 0.874. The molecule has 4 heterocycles. The molecule has 12 aromatic carbocycles. The van der Waals surface area contributed by atoms with Gasteiger partial charge in [0.1, 0.15) is 22.3 Å². The summed E-state index contributed by atoms with van der Waals surface area (Å²) >= 11 is 0. The molecule has 76 heavy (non-hydrogen) atoms. The third-order valence-electron chi connectivity index (χ3n) is 15.7. The first-order valence-electron chi connectivity index (χ1n) is 26.0. The summed E-state index contributed by atoms with van der Waals surface area (Å²) in [6.07, 6.45) is 0. The summed E-state index contributed by atoms with van der Waals surface area (Å²) in [6, 6.07) is 96.7. The summed E-state index contributed by atoms with van der Waals surface area (Å²) < 4.78 is 17.8. The summed E-state index contributed by atoms with van der Waals surface area (Å²) in [7, 11) is 0.